The maximum atomic E-state index is 11.5. The Hall–Kier alpha value is -2.22. The minimum atomic E-state index is -0.371. The second-order valence-electron chi connectivity index (χ2n) is 3.22. The van der Waals surface area contributed by atoms with Gasteiger partial charge in [0.05, 0.1) is 7.05 Å². The largest absolute Gasteiger partial charge is 0.478 e. The van der Waals surface area contributed by atoms with Crippen molar-refractivity contribution in [3.8, 4) is 5.75 Å². The summed E-state index contributed by atoms with van der Waals surface area (Å²) < 4.78 is 10.1. The summed E-state index contributed by atoms with van der Waals surface area (Å²) in [5, 5.41) is 20.0. The van der Waals surface area contributed by atoms with Crippen LogP contribution in [-0.2, 0) is 20.3 Å². The van der Waals surface area contributed by atoms with Crippen molar-refractivity contribution in [1.82, 2.24) is 20.2 Å². The minimum absolute atomic E-state index is 0.0249. The SMILES string of the molecule is Cn1nnc(COc2coc(CO)cc2=O)n1. The Balaban J connectivity index is 2.06. The molecule has 0 aromatic carbocycles. The molecule has 17 heavy (non-hydrogen) atoms. The lowest BCUT2D eigenvalue weighted by atomic mass is 10.4. The van der Waals surface area contributed by atoms with Gasteiger partial charge in [0.25, 0.3) is 0 Å². The zero-order valence-electron chi connectivity index (χ0n) is 9.03. The fraction of sp³-hybridized carbons (Fsp3) is 0.333. The molecular formula is C9H10N4O4. The summed E-state index contributed by atoms with van der Waals surface area (Å²) in [5.74, 6) is 0.577. The lowest BCUT2D eigenvalue weighted by molar-refractivity contribution is 0.235. The van der Waals surface area contributed by atoms with E-state index < -0.39 is 0 Å². The first kappa shape index (κ1) is 11.3. The summed E-state index contributed by atoms with van der Waals surface area (Å²) in [6.07, 6.45) is 1.14. The van der Waals surface area contributed by atoms with Gasteiger partial charge in [0.15, 0.2) is 6.61 Å². The van der Waals surface area contributed by atoms with Crippen LogP contribution in [0.2, 0.25) is 0 Å². The number of nitrogens with zero attached hydrogens (tertiary/aromatic N) is 4. The van der Waals surface area contributed by atoms with Crippen LogP contribution in [-0.4, -0.2) is 25.3 Å². The third kappa shape index (κ3) is 2.67. The van der Waals surface area contributed by atoms with Gasteiger partial charge in [-0.3, -0.25) is 4.79 Å². The van der Waals surface area contributed by atoms with Gasteiger partial charge in [-0.1, -0.05) is 0 Å². The van der Waals surface area contributed by atoms with Crippen molar-refractivity contribution in [2.45, 2.75) is 13.2 Å². The smallest absolute Gasteiger partial charge is 0.227 e. The molecule has 0 unspecified atom stereocenters. The van der Waals surface area contributed by atoms with Crippen molar-refractivity contribution in [2.75, 3.05) is 0 Å². The maximum Gasteiger partial charge on any atom is 0.227 e. The van der Waals surface area contributed by atoms with E-state index in [4.69, 9.17) is 14.3 Å². The predicted octanol–water partition coefficient (Wildman–Crippen LogP) is -0.765. The van der Waals surface area contributed by atoms with Crippen molar-refractivity contribution in [3.63, 3.8) is 0 Å². The van der Waals surface area contributed by atoms with Gasteiger partial charge < -0.3 is 14.3 Å². The lowest BCUT2D eigenvalue weighted by Gasteiger charge is -2.01. The fourth-order valence-corrected chi connectivity index (χ4v) is 1.15. The molecule has 0 atom stereocenters. The van der Waals surface area contributed by atoms with Gasteiger partial charge in [0, 0.05) is 6.07 Å². The molecular weight excluding hydrogens is 228 g/mol. The first-order valence-electron chi connectivity index (χ1n) is 4.77. The van der Waals surface area contributed by atoms with Crippen molar-refractivity contribution in [2.24, 2.45) is 7.05 Å². The second kappa shape index (κ2) is 4.74. The van der Waals surface area contributed by atoms with Gasteiger partial charge in [-0.25, -0.2) is 0 Å². The van der Waals surface area contributed by atoms with Crippen LogP contribution in [0.1, 0.15) is 11.6 Å². The molecule has 0 spiro atoms. The van der Waals surface area contributed by atoms with Crippen molar-refractivity contribution in [3.05, 3.63) is 34.1 Å². The van der Waals surface area contributed by atoms with Gasteiger partial charge in [-0.2, -0.15) is 4.80 Å². The minimum Gasteiger partial charge on any atom is -0.478 e. The van der Waals surface area contributed by atoms with E-state index in [9.17, 15) is 4.79 Å². The van der Waals surface area contributed by atoms with E-state index in [-0.39, 0.29) is 30.2 Å². The van der Waals surface area contributed by atoms with Crippen LogP contribution in [0.15, 0.2) is 21.5 Å². The van der Waals surface area contributed by atoms with Crippen LogP contribution in [0.5, 0.6) is 5.75 Å². The number of aliphatic hydroxyl groups excluding tert-OH is 1. The highest BCUT2D eigenvalue weighted by Gasteiger charge is 2.06. The van der Waals surface area contributed by atoms with E-state index in [2.05, 4.69) is 15.4 Å². The van der Waals surface area contributed by atoms with E-state index in [1.807, 2.05) is 0 Å². The Morgan fingerprint density at radius 1 is 1.59 bits per heavy atom. The number of hydrogen-bond acceptors (Lipinski definition) is 7. The van der Waals surface area contributed by atoms with Gasteiger partial charge in [-0.15, -0.1) is 10.2 Å². The number of aliphatic hydroxyl groups is 1. The van der Waals surface area contributed by atoms with Crippen LogP contribution in [0.4, 0.5) is 0 Å². The highest BCUT2D eigenvalue weighted by atomic mass is 16.5. The summed E-state index contributed by atoms with van der Waals surface area (Å²) in [4.78, 5) is 12.8. The van der Waals surface area contributed by atoms with Crippen molar-refractivity contribution in [1.29, 1.82) is 0 Å². The molecule has 1 N–H and O–H groups in total. The topological polar surface area (TPSA) is 103 Å². The van der Waals surface area contributed by atoms with E-state index in [1.165, 1.54) is 10.9 Å². The molecule has 2 rings (SSSR count). The molecule has 0 aliphatic carbocycles. The van der Waals surface area contributed by atoms with E-state index in [1.54, 1.807) is 7.05 Å². The summed E-state index contributed by atoms with van der Waals surface area (Å²) in [6, 6.07) is 1.17. The summed E-state index contributed by atoms with van der Waals surface area (Å²) in [6.45, 7) is -0.307. The number of aryl methyl sites for hydroxylation is 1. The molecule has 0 aliphatic heterocycles. The standard InChI is InChI=1S/C9H10N4O4/c1-13-11-9(10-12-13)5-17-8-4-16-6(3-14)2-7(8)15/h2,4,14H,3,5H2,1H3. The van der Waals surface area contributed by atoms with Gasteiger partial charge in [0.2, 0.25) is 17.0 Å². The molecule has 2 aromatic rings. The summed E-state index contributed by atoms with van der Waals surface area (Å²) in [7, 11) is 1.63. The van der Waals surface area contributed by atoms with Crippen LogP contribution >= 0.6 is 0 Å². The second-order valence-corrected chi connectivity index (χ2v) is 3.22. The molecule has 0 amide bonds. The van der Waals surface area contributed by atoms with Crippen molar-refractivity contribution >= 4 is 0 Å². The Bertz CT molecular complexity index is 562. The molecule has 0 aliphatic rings. The van der Waals surface area contributed by atoms with Crippen LogP contribution < -0.4 is 10.2 Å². The van der Waals surface area contributed by atoms with Gasteiger partial charge in [0.1, 0.15) is 18.6 Å². The number of hydrogen-bond donors (Lipinski definition) is 1. The van der Waals surface area contributed by atoms with Crippen LogP contribution in [0.3, 0.4) is 0 Å². The van der Waals surface area contributed by atoms with Crippen LogP contribution in [0, 0.1) is 0 Å². The van der Waals surface area contributed by atoms with Crippen molar-refractivity contribution < 1.29 is 14.3 Å². The molecule has 2 heterocycles. The fourth-order valence-electron chi connectivity index (χ4n) is 1.15. The lowest BCUT2D eigenvalue weighted by Crippen LogP contribution is -2.08. The molecule has 90 valence electrons. The summed E-state index contributed by atoms with van der Waals surface area (Å²) in [5.41, 5.74) is -0.371. The number of aromatic nitrogens is 4. The summed E-state index contributed by atoms with van der Waals surface area (Å²) >= 11 is 0. The van der Waals surface area contributed by atoms with Gasteiger partial charge >= 0.3 is 0 Å². The Morgan fingerprint density at radius 3 is 3.00 bits per heavy atom. The normalized spacial score (nSPS) is 10.5. The average molecular weight is 238 g/mol. The number of ether oxygens (including phenoxy) is 1. The number of rotatable bonds is 4. The van der Waals surface area contributed by atoms with Gasteiger partial charge in [-0.05, 0) is 5.21 Å². The Labute approximate surface area is 95.4 Å². The zero-order valence-corrected chi connectivity index (χ0v) is 9.03. The van der Waals surface area contributed by atoms with E-state index >= 15 is 0 Å². The number of tetrazole rings is 1. The molecule has 8 nitrogen and oxygen atoms in total. The molecule has 0 fully saturated rings. The monoisotopic (exact) mass is 238 g/mol. The van der Waals surface area contributed by atoms with E-state index in [0.29, 0.717) is 5.82 Å². The molecule has 8 heteroatoms. The first-order valence-corrected chi connectivity index (χ1v) is 4.77. The molecule has 2 aromatic heterocycles. The average Bonchev–Trinajstić information content (AvgIpc) is 2.73. The predicted molar refractivity (Wildman–Crippen MR) is 54.0 cm³/mol. The molecule has 0 saturated heterocycles. The Kier molecular flexibility index (Phi) is 3.15. The van der Waals surface area contributed by atoms with E-state index in [0.717, 1.165) is 6.26 Å². The maximum absolute atomic E-state index is 11.5. The first-order chi connectivity index (χ1) is 8.19. The highest BCUT2D eigenvalue weighted by molar-refractivity contribution is 5.17. The molecule has 0 saturated carbocycles. The molecule has 0 bridgehead atoms. The third-order valence-corrected chi connectivity index (χ3v) is 1.91. The van der Waals surface area contributed by atoms with Crippen LogP contribution in [0.25, 0.3) is 0 Å². The highest BCUT2D eigenvalue weighted by Crippen LogP contribution is 2.07. The zero-order chi connectivity index (χ0) is 12.3. The quantitative estimate of drug-likeness (QED) is 0.746. The Morgan fingerprint density at radius 2 is 2.41 bits per heavy atom. The molecule has 0 radical (unpaired) electrons. The third-order valence-electron chi connectivity index (χ3n) is 1.91.